The Kier molecular flexibility index (Phi) is 5.28. The minimum Gasteiger partial charge on any atom is -0.367 e. The molecular weight excluding hydrogens is 321 g/mol. The van der Waals surface area contributed by atoms with E-state index < -0.39 is 6.04 Å². The van der Waals surface area contributed by atoms with Crippen LogP contribution in [0.15, 0.2) is 42.5 Å². The van der Waals surface area contributed by atoms with E-state index >= 15 is 0 Å². The van der Waals surface area contributed by atoms with E-state index in [1.54, 1.807) is 12.1 Å². The first-order valence-electron chi connectivity index (χ1n) is 8.15. The molecule has 1 aliphatic heterocycles. The second-order valence-electron chi connectivity index (χ2n) is 6.16. The number of carbonyl (C=O) groups is 1. The molecule has 132 valence electrons. The maximum absolute atomic E-state index is 12.9. The molecule has 1 heterocycles. The number of hydrazine groups is 2. The van der Waals surface area contributed by atoms with Crippen LogP contribution >= 0.6 is 0 Å². The Labute approximate surface area is 146 Å². The van der Waals surface area contributed by atoms with Crippen LogP contribution in [0.1, 0.15) is 16.7 Å². The summed E-state index contributed by atoms with van der Waals surface area (Å²) >= 11 is 0. The van der Waals surface area contributed by atoms with E-state index in [4.69, 9.17) is 0 Å². The number of benzene rings is 2. The maximum Gasteiger partial charge on any atom is 0.242 e. The van der Waals surface area contributed by atoms with E-state index in [1.807, 2.05) is 25.1 Å². The van der Waals surface area contributed by atoms with Crippen molar-refractivity contribution in [3.05, 3.63) is 65.0 Å². The van der Waals surface area contributed by atoms with Crippen LogP contribution in [0, 0.1) is 19.7 Å². The predicted molar refractivity (Wildman–Crippen MR) is 94.8 cm³/mol. The van der Waals surface area contributed by atoms with Crippen LogP contribution in [0.5, 0.6) is 0 Å². The highest BCUT2D eigenvalue weighted by molar-refractivity contribution is 5.83. The van der Waals surface area contributed by atoms with Crippen molar-refractivity contribution in [1.82, 2.24) is 21.7 Å². The van der Waals surface area contributed by atoms with Gasteiger partial charge in [0.1, 0.15) is 18.0 Å². The Bertz CT molecular complexity index is 750. The fraction of sp³-hybridized carbons (Fsp3) is 0.278. The molecule has 1 fully saturated rings. The van der Waals surface area contributed by atoms with E-state index in [-0.39, 0.29) is 17.9 Å². The first-order valence-corrected chi connectivity index (χ1v) is 8.15. The first kappa shape index (κ1) is 17.3. The zero-order valence-corrected chi connectivity index (χ0v) is 14.2. The Morgan fingerprint density at radius 1 is 1.08 bits per heavy atom. The van der Waals surface area contributed by atoms with Crippen molar-refractivity contribution in [1.29, 1.82) is 0 Å². The first-order chi connectivity index (χ1) is 12.0. The summed E-state index contributed by atoms with van der Waals surface area (Å²) in [5, 5.41) is 6.15. The normalized spacial score (nSPS) is 19.6. The SMILES string of the molecule is Cc1ccc(NC2NNNC2C(=O)NCc2ccc(F)cc2)cc1C. The van der Waals surface area contributed by atoms with E-state index in [0.717, 1.165) is 11.3 Å². The van der Waals surface area contributed by atoms with Gasteiger partial charge in [-0.2, -0.15) is 5.53 Å². The summed E-state index contributed by atoms with van der Waals surface area (Å²) in [5.41, 5.74) is 12.8. The van der Waals surface area contributed by atoms with Crippen molar-refractivity contribution in [2.75, 3.05) is 5.32 Å². The molecule has 2 aromatic rings. The molecule has 1 amide bonds. The van der Waals surface area contributed by atoms with Crippen LogP contribution in [-0.2, 0) is 11.3 Å². The summed E-state index contributed by atoms with van der Waals surface area (Å²) in [5.74, 6) is -0.457. The lowest BCUT2D eigenvalue weighted by Gasteiger charge is -2.20. The van der Waals surface area contributed by atoms with Crippen molar-refractivity contribution >= 4 is 11.6 Å². The summed E-state index contributed by atoms with van der Waals surface area (Å²) in [6.07, 6.45) is -0.310. The third-order valence-corrected chi connectivity index (χ3v) is 4.28. The van der Waals surface area contributed by atoms with Gasteiger partial charge in [-0.3, -0.25) is 4.79 Å². The van der Waals surface area contributed by atoms with E-state index in [9.17, 15) is 9.18 Å². The molecule has 5 N–H and O–H groups in total. The standard InChI is InChI=1S/C18H22FN5O/c1-11-3-8-15(9-12(11)2)21-17-16(22-24-23-17)18(25)20-10-13-4-6-14(19)7-5-13/h3-9,16-17,21-24H,10H2,1-2H3,(H,20,25). The molecule has 0 saturated carbocycles. The summed E-state index contributed by atoms with van der Waals surface area (Å²) in [7, 11) is 0. The third-order valence-electron chi connectivity index (χ3n) is 4.28. The summed E-state index contributed by atoms with van der Waals surface area (Å²) in [6.45, 7) is 4.45. The van der Waals surface area contributed by atoms with Gasteiger partial charge in [-0.05, 0) is 54.8 Å². The molecule has 0 radical (unpaired) electrons. The number of hydrogen-bond acceptors (Lipinski definition) is 5. The molecule has 7 heteroatoms. The van der Waals surface area contributed by atoms with Gasteiger partial charge >= 0.3 is 0 Å². The second-order valence-corrected chi connectivity index (χ2v) is 6.16. The fourth-order valence-corrected chi connectivity index (χ4v) is 2.61. The quantitative estimate of drug-likeness (QED) is 0.568. The molecule has 0 spiro atoms. The van der Waals surface area contributed by atoms with Crippen LogP contribution in [0.2, 0.25) is 0 Å². The van der Waals surface area contributed by atoms with Crippen molar-refractivity contribution in [2.24, 2.45) is 0 Å². The van der Waals surface area contributed by atoms with Crippen LogP contribution in [0.4, 0.5) is 10.1 Å². The van der Waals surface area contributed by atoms with Gasteiger partial charge in [-0.25, -0.2) is 15.2 Å². The van der Waals surface area contributed by atoms with E-state index in [0.29, 0.717) is 6.54 Å². The lowest BCUT2D eigenvalue weighted by Crippen LogP contribution is -2.50. The average molecular weight is 343 g/mol. The molecule has 0 aliphatic carbocycles. The van der Waals surface area contributed by atoms with Gasteiger partial charge < -0.3 is 10.6 Å². The largest absolute Gasteiger partial charge is 0.367 e. The molecule has 2 aromatic carbocycles. The summed E-state index contributed by atoms with van der Waals surface area (Å²) in [4.78, 5) is 12.4. The number of aryl methyl sites for hydroxylation is 2. The van der Waals surface area contributed by atoms with Gasteiger partial charge in [0.15, 0.2) is 0 Å². The molecule has 25 heavy (non-hydrogen) atoms. The minimum atomic E-state index is -0.498. The van der Waals surface area contributed by atoms with Gasteiger partial charge in [0.2, 0.25) is 5.91 Å². The van der Waals surface area contributed by atoms with Crippen molar-refractivity contribution in [2.45, 2.75) is 32.6 Å². The maximum atomic E-state index is 12.9. The van der Waals surface area contributed by atoms with Crippen LogP contribution in [0.25, 0.3) is 0 Å². The number of carbonyl (C=O) groups excluding carboxylic acids is 1. The molecule has 3 rings (SSSR count). The summed E-state index contributed by atoms with van der Waals surface area (Å²) < 4.78 is 12.9. The lowest BCUT2D eigenvalue weighted by molar-refractivity contribution is -0.123. The third kappa shape index (κ3) is 4.33. The van der Waals surface area contributed by atoms with Crippen LogP contribution in [-0.4, -0.2) is 18.1 Å². The van der Waals surface area contributed by atoms with Crippen molar-refractivity contribution in [3.63, 3.8) is 0 Å². The Hall–Kier alpha value is -2.48. The van der Waals surface area contributed by atoms with Gasteiger partial charge in [-0.1, -0.05) is 18.2 Å². The number of rotatable bonds is 5. The van der Waals surface area contributed by atoms with Crippen LogP contribution < -0.4 is 27.0 Å². The topological polar surface area (TPSA) is 77.2 Å². The molecule has 2 atom stereocenters. The zero-order valence-electron chi connectivity index (χ0n) is 14.2. The highest BCUT2D eigenvalue weighted by Crippen LogP contribution is 2.16. The number of hydrogen-bond donors (Lipinski definition) is 5. The van der Waals surface area contributed by atoms with Crippen LogP contribution in [0.3, 0.4) is 0 Å². The average Bonchev–Trinajstić information content (AvgIpc) is 3.05. The molecule has 0 bridgehead atoms. The van der Waals surface area contributed by atoms with Gasteiger partial charge in [0, 0.05) is 12.2 Å². The molecule has 2 unspecified atom stereocenters. The van der Waals surface area contributed by atoms with Crippen molar-refractivity contribution < 1.29 is 9.18 Å². The Balaban J connectivity index is 1.59. The number of amides is 1. The molecule has 6 nitrogen and oxygen atoms in total. The zero-order chi connectivity index (χ0) is 17.8. The minimum absolute atomic E-state index is 0.164. The smallest absolute Gasteiger partial charge is 0.242 e. The van der Waals surface area contributed by atoms with Gasteiger partial charge in [-0.15, -0.1) is 0 Å². The second kappa shape index (κ2) is 7.60. The number of nitrogens with one attached hydrogen (secondary N) is 5. The van der Waals surface area contributed by atoms with Gasteiger partial charge in [0.05, 0.1) is 0 Å². The number of anilines is 1. The molecular formula is C18H22FN5O. The number of halogens is 1. The predicted octanol–water partition coefficient (Wildman–Crippen LogP) is 1.48. The van der Waals surface area contributed by atoms with Gasteiger partial charge in [0.25, 0.3) is 0 Å². The Morgan fingerprint density at radius 2 is 1.84 bits per heavy atom. The highest BCUT2D eigenvalue weighted by Gasteiger charge is 2.32. The lowest BCUT2D eigenvalue weighted by atomic mass is 10.1. The molecule has 1 aliphatic rings. The molecule has 0 aromatic heterocycles. The highest BCUT2D eigenvalue weighted by atomic mass is 19.1. The summed E-state index contributed by atoms with van der Waals surface area (Å²) in [6, 6.07) is 11.6. The fourth-order valence-electron chi connectivity index (χ4n) is 2.61. The van der Waals surface area contributed by atoms with E-state index in [2.05, 4.69) is 33.9 Å². The van der Waals surface area contributed by atoms with Crippen molar-refractivity contribution in [3.8, 4) is 0 Å². The monoisotopic (exact) mass is 343 g/mol. The van der Waals surface area contributed by atoms with E-state index in [1.165, 1.54) is 23.3 Å². The Morgan fingerprint density at radius 3 is 2.56 bits per heavy atom. The molecule has 1 saturated heterocycles.